The van der Waals surface area contributed by atoms with E-state index in [4.69, 9.17) is 10.00 Å². The van der Waals surface area contributed by atoms with Gasteiger partial charge in [-0.2, -0.15) is 9.94 Å². The van der Waals surface area contributed by atoms with Gasteiger partial charge in [0.2, 0.25) is 0 Å². The van der Waals surface area contributed by atoms with Crippen LogP contribution in [-0.4, -0.2) is 38.7 Å². The molecule has 0 aliphatic heterocycles. The van der Waals surface area contributed by atoms with Gasteiger partial charge in [0.05, 0.1) is 11.3 Å². The van der Waals surface area contributed by atoms with Crippen molar-refractivity contribution >= 4 is 29.3 Å². The van der Waals surface area contributed by atoms with Crippen LogP contribution in [0.15, 0.2) is 54.6 Å². The summed E-state index contributed by atoms with van der Waals surface area (Å²) in [5.74, 6) is -0.960. The highest BCUT2D eigenvalue weighted by molar-refractivity contribution is 6.15. The molecule has 0 aliphatic carbocycles. The molecule has 0 unspecified atom stereocenters. The number of nitrogens with zero attached hydrogens (tertiary/aromatic N) is 5. The van der Waals surface area contributed by atoms with Crippen LogP contribution in [0.1, 0.15) is 17.0 Å². The number of ether oxygens (including phenoxy) is 1. The van der Waals surface area contributed by atoms with Crippen molar-refractivity contribution in [3.63, 3.8) is 0 Å². The monoisotopic (exact) mass is 388 g/mol. The van der Waals surface area contributed by atoms with Crippen molar-refractivity contribution in [2.75, 3.05) is 11.9 Å². The van der Waals surface area contributed by atoms with Gasteiger partial charge in [0, 0.05) is 0 Å². The molecular formula is C20H16N6O3. The largest absolute Gasteiger partial charge is 0.451 e. The standard InChI is InChI=1S/C20H16N6O3/c1-14-23-24-25-26(14)18(11-15-7-3-2-4-8-15)20(28)29-13-19(27)22-17-10-6-5-9-16(17)12-21/h2-11H,13H2,1H3,(H,22,27)/b18-11-. The minimum absolute atomic E-state index is 0.0592. The molecule has 0 saturated carbocycles. The molecule has 0 saturated heterocycles. The van der Waals surface area contributed by atoms with Gasteiger partial charge in [-0.3, -0.25) is 4.79 Å². The molecule has 0 fully saturated rings. The van der Waals surface area contributed by atoms with Gasteiger partial charge >= 0.3 is 5.97 Å². The van der Waals surface area contributed by atoms with E-state index in [9.17, 15) is 9.59 Å². The maximum Gasteiger partial charge on any atom is 0.357 e. The molecule has 9 nitrogen and oxygen atoms in total. The van der Waals surface area contributed by atoms with Crippen molar-refractivity contribution in [1.82, 2.24) is 20.2 Å². The Bertz CT molecular complexity index is 1100. The first kappa shape index (κ1) is 19.4. The van der Waals surface area contributed by atoms with E-state index < -0.39 is 18.5 Å². The molecule has 1 N–H and O–H groups in total. The number of nitriles is 1. The maximum atomic E-state index is 12.6. The average Bonchev–Trinajstić information content (AvgIpc) is 3.17. The third-order valence-corrected chi connectivity index (χ3v) is 3.82. The van der Waals surface area contributed by atoms with Gasteiger partial charge in [0.15, 0.2) is 18.1 Å². The fourth-order valence-corrected chi connectivity index (χ4v) is 2.45. The van der Waals surface area contributed by atoms with Gasteiger partial charge in [-0.25, -0.2) is 4.79 Å². The lowest BCUT2D eigenvalue weighted by Gasteiger charge is -2.10. The molecule has 1 aromatic heterocycles. The van der Waals surface area contributed by atoms with E-state index >= 15 is 0 Å². The summed E-state index contributed by atoms with van der Waals surface area (Å²) < 4.78 is 6.38. The van der Waals surface area contributed by atoms with E-state index in [2.05, 4.69) is 20.8 Å². The number of esters is 1. The SMILES string of the molecule is Cc1nnnn1/C(=C\c1ccccc1)C(=O)OCC(=O)Nc1ccccc1C#N. The number of hydrogen-bond donors (Lipinski definition) is 1. The number of hydrogen-bond acceptors (Lipinski definition) is 7. The van der Waals surface area contributed by atoms with Crippen molar-refractivity contribution in [1.29, 1.82) is 5.26 Å². The van der Waals surface area contributed by atoms with E-state index in [0.717, 1.165) is 5.56 Å². The van der Waals surface area contributed by atoms with Crippen molar-refractivity contribution in [3.05, 3.63) is 71.5 Å². The van der Waals surface area contributed by atoms with E-state index in [-0.39, 0.29) is 5.70 Å². The van der Waals surface area contributed by atoms with Crippen LogP contribution in [0.25, 0.3) is 11.8 Å². The van der Waals surface area contributed by atoms with Crippen molar-refractivity contribution in [3.8, 4) is 6.07 Å². The highest BCUT2D eigenvalue weighted by atomic mass is 16.5. The Morgan fingerprint density at radius 3 is 2.59 bits per heavy atom. The third-order valence-electron chi connectivity index (χ3n) is 3.82. The molecule has 3 aromatic rings. The zero-order chi connectivity index (χ0) is 20.6. The first-order valence-electron chi connectivity index (χ1n) is 8.56. The second-order valence-corrected chi connectivity index (χ2v) is 5.86. The quantitative estimate of drug-likeness (QED) is 0.506. The predicted octanol–water partition coefficient (Wildman–Crippen LogP) is 2.03. The van der Waals surface area contributed by atoms with Crippen molar-refractivity contribution in [2.45, 2.75) is 6.92 Å². The summed E-state index contributed by atoms with van der Waals surface area (Å²) in [6.07, 6.45) is 1.56. The highest BCUT2D eigenvalue weighted by Gasteiger charge is 2.19. The van der Waals surface area contributed by atoms with E-state index in [0.29, 0.717) is 17.1 Å². The Morgan fingerprint density at radius 2 is 1.90 bits per heavy atom. The number of aromatic nitrogens is 4. The summed E-state index contributed by atoms with van der Waals surface area (Å²) in [7, 11) is 0. The summed E-state index contributed by atoms with van der Waals surface area (Å²) in [5.41, 5.74) is 1.44. The molecule has 1 amide bonds. The molecule has 2 aromatic carbocycles. The molecule has 0 atom stereocenters. The van der Waals surface area contributed by atoms with Crippen LogP contribution >= 0.6 is 0 Å². The normalized spacial score (nSPS) is 10.8. The molecular weight excluding hydrogens is 372 g/mol. The summed E-state index contributed by atoms with van der Waals surface area (Å²) >= 11 is 0. The molecule has 0 radical (unpaired) electrons. The highest BCUT2D eigenvalue weighted by Crippen LogP contribution is 2.15. The topological polar surface area (TPSA) is 123 Å². The van der Waals surface area contributed by atoms with Gasteiger partial charge < -0.3 is 10.1 Å². The van der Waals surface area contributed by atoms with Crippen LogP contribution in [0.4, 0.5) is 5.69 Å². The van der Waals surface area contributed by atoms with Gasteiger partial charge in [-0.1, -0.05) is 42.5 Å². The Hall–Kier alpha value is -4.32. The summed E-state index contributed by atoms with van der Waals surface area (Å²) in [6.45, 7) is 1.10. The van der Waals surface area contributed by atoms with E-state index in [1.54, 1.807) is 49.4 Å². The number of aryl methyl sites for hydroxylation is 1. The van der Waals surface area contributed by atoms with E-state index in [1.165, 1.54) is 4.68 Å². The van der Waals surface area contributed by atoms with Gasteiger partial charge in [-0.05, 0) is 41.1 Å². The molecule has 0 bridgehead atoms. The van der Waals surface area contributed by atoms with Crippen LogP contribution in [0, 0.1) is 18.3 Å². The second kappa shape index (κ2) is 9.05. The zero-order valence-corrected chi connectivity index (χ0v) is 15.4. The van der Waals surface area contributed by atoms with Crippen LogP contribution in [-0.2, 0) is 14.3 Å². The third kappa shape index (κ3) is 4.90. The first-order valence-corrected chi connectivity index (χ1v) is 8.56. The second-order valence-electron chi connectivity index (χ2n) is 5.86. The fourth-order valence-electron chi connectivity index (χ4n) is 2.45. The summed E-state index contributed by atoms with van der Waals surface area (Å²) in [4.78, 5) is 24.8. The molecule has 3 rings (SSSR count). The molecule has 144 valence electrons. The lowest BCUT2D eigenvalue weighted by atomic mass is 10.2. The van der Waals surface area contributed by atoms with Crippen molar-refractivity contribution in [2.24, 2.45) is 0 Å². The minimum atomic E-state index is -0.770. The van der Waals surface area contributed by atoms with Crippen LogP contribution in [0.2, 0.25) is 0 Å². The Morgan fingerprint density at radius 1 is 1.17 bits per heavy atom. The van der Waals surface area contributed by atoms with Gasteiger partial charge in [0.25, 0.3) is 5.91 Å². The Labute approximate surface area is 166 Å². The smallest absolute Gasteiger partial charge is 0.357 e. The lowest BCUT2D eigenvalue weighted by Crippen LogP contribution is -2.23. The number of anilines is 1. The predicted molar refractivity (Wildman–Crippen MR) is 104 cm³/mol. The molecule has 9 heteroatoms. The number of para-hydroxylation sites is 1. The number of benzene rings is 2. The molecule has 0 spiro atoms. The summed E-state index contributed by atoms with van der Waals surface area (Å²) in [6, 6.07) is 17.6. The number of amides is 1. The maximum absolute atomic E-state index is 12.6. The Kier molecular flexibility index (Phi) is 6.07. The van der Waals surface area contributed by atoms with Crippen LogP contribution in [0.3, 0.4) is 0 Å². The first-order chi connectivity index (χ1) is 14.1. The van der Waals surface area contributed by atoms with Crippen LogP contribution < -0.4 is 5.32 Å². The average molecular weight is 388 g/mol. The number of nitrogens with one attached hydrogen (secondary N) is 1. The number of rotatable bonds is 6. The number of carbonyl (C=O) groups is 2. The minimum Gasteiger partial charge on any atom is -0.451 e. The molecule has 0 aliphatic rings. The van der Waals surface area contributed by atoms with Crippen molar-refractivity contribution < 1.29 is 14.3 Å². The summed E-state index contributed by atoms with van der Waals surface area (Å²) in [5, 5.41) is 22.7. The van der Waals surface area contributed by atoms with Gasteiger partial charge in [-0.15, -0.1) is 5.10 Å². The van der Waals surface area contributed by atoms with Gasteiger partial charge in [0.1, 0.15) is 6.07 Å². The molecule has 29 heavy (non-hydrogen) atoms. The molecule has 1 heterocycles. The number of tetrazole rings is 1. The Balaban J connectivity index is 1.74. The zero-order valence-electron chi connectivity index (χ0n) is 15.4. The number of carbonyl (C=O) groups excluding carboxylic acids is 2. The van der Waals surface area contributed by atoms with Crippen LogP contribution in [0.5, 0.6) is 0 Å². The fraction of sp³-hybridized carbons (Fsp3) is 0.100. The lowest BCUT2D eigenvalue weighted by molar-refractivity contribution is -0.141. The van der Waals surface area contributed by atoms with E-state index in [1.807, 2.05) is 24.3 Å².